The molecule has 1 aliphatic rings. The Bertz CT molecular complexity index is 376. The Morgan fingerprint density at radius 2 is 2.21 bits per heavy atom. The van der Waals surface area contributed by atoms with Crippen molar-refractivity contribution in [2.24, 2.45) is 9.39 Å². The summed E-state index contributed by atoms with van der Waals surface area (Å²) in [5.74, 6) is 0. The van der Waals surface area contributed by atoms with Gasteiger partial charge in [0.2, 0.25) is 5.29 Å². The monoisotopic (exact) mass is 239 g/mol. The highest BCUT2D eigenvalue weighted by Crippen LogP contribution is 2.11. The fraction of sp³-hybridized carbons (Fsp3) is 0.667. The molecule has 1 rings (SSSR count). The van der Waals surface area contributed by atoms with Crippen molar-refractivity contribution in [3.8, 4) is 0 Å². The van der Waals surface area contributed by atoms with Crippen LogP contribution in [0.4, 0.5) is 0 Å². The van der Waals surface area contributed by atoms with Crippen LogP contribution in [-0.4, -0.2) is 37.7 Å². The lowest BCUT2D eigenvalue weighted by Crippen LogP contribution is -2.33. The Morgan fingerprint density at radius 1 is 1.57 bits per heavy atom. The molecular weight excluding hydrogens is 230 g/mol. The van der Waals surface area contributed by atoms with Crippen LogP contribution in [0.1, 0.15) is 13.3 Å². The van der Waals surface area contributed by atoms with Gasteiger partial charge in [-0.2, -0.15) is 13.4 Å². The van der Waals surface area contributed by atoms with E-state index in [0.717, 1.165) is 10.7 Å². The van der Waals surface area contributed by atoms with Gasteiger partial charge in [0.25, 0.3) is 0 Å². The standard InChI is InChI=1S/C6H10ClN3O3S/c1-3-4-13-6-8-5(7)10(2)14(11,12)9-6/h3-4H2,1-2H3. The number of rotatable bonds is 2. The maximum absolute atomic E-state index is 11.3. The van der Waals surface area contributed by atoms with Crippen molar-refractivity contribution < 1.29 is 13.2 Å². The quantitative estimate of drug-likeness (QED) is 0.661. The van der Waals surface area contributed by atoms with Gasteiger partial charge in [0.1, 0.15) is 0 Å². The molecule has 0 saturated carbocycles. The van der Waals surface area contributed by atoms with Crippen LogP contribution in [0.2, 0.25) is 0 Å². The summed E-state index contributed by atoms with van der Waals surface area (Å²) in [5, 5.41) is -0.175. The van der Waals surface area contributed by atoms with Gasteiger partial charge in [-0.25, -0.2) is 4.31 Å². The summed E-state index contributed by atoms with van der Waals surface area (Å²) < 4.78 is 31.6. The van der Waals surface area contributed by atoms with Crippen LogP contribution < -0.4 is 0 Å². The Kier molecular flexibility index (Phi) is 3.33. The van der Waals surface area contributed by atoms with Crippen LogP contribution in [0.25, 0.3) is 0 Å². The summed E-state index contributed by atoms with van der Waals surface area (Å²) >= 11 is 5.56. The van der Waals surface area contributed by atoms with E-state index < -0.39 is 10.2 Å². The average Bonchev–Trinajstić information content (AvgIpc) is 2.10. The zero-order valence-electron chi connectivity index (χ0n) is 7.77. The summed E-state index contributed by atoms with van der Waals surface area (Å²) in [7, 11) is -2.49. The van der Waals surface area contributed by atoms with Crippen molar-refractivity contribution in [1.29, 1.82) is 0 Å². The highest BCUT2D eigenvalue weighted by atomic mass is 35.5. The second kappa shape index (κ2) is 4.14. The molecule has 0 spiro atoms. The van der Waals surface area contributed by atoms with Crippen molar-refractivity contribution >= 4 is 33.1 Å². The molecule has 0 aromatic rings. The van der Waals surface area contributed by atoms with Gasteiger partial charge in [0.05, 0.1) is 6.61 Å². The molecule has 1 heterocycles. The van der Waals surface area contributed by atoms with Gasteiger partial charge < -0.3 is 4.74 Å². The molecular formula is C6H10ClN3O3S. The highest BCUT2D eigenvalue weighted by molar-refractivity contribution is 7.88. The molecule has 0 atom stereocenters. The Balaban J connectivity index is 2.89. The van der Waals surface area contributed by atoms with E-state index >= 15 is 0 Å². The van der Waals surface area contributed by atoms with Gasteiger partial charge >= 0.3 is 16.2 Å². The minimum absolute atomic E-state index is 0.175. The maximum Gasteiger partial charge on any atom is 0.350 e. The first-order valence-corrected chi connectivity index (χ1v) is 5.70. The van der Waals surface area contributed by atoms with E-state index in [1.807, 2.05) is 6.92 Å². The molecule has 0 unspecified atom stereocenters. The minimum atomic E-state index is -3.76. The average molecular weight is 240 g/mol. The third-order valence-electron chi connectivity index (χ3n) is 1.42. The van der Waals surface area contributed by atoms with Gasteiger partial charge in [-0.05, 0) is 18.0 Å². The van der Waals surface area contributed by atoms with Crippen LogP contribution in [-0.2, 0) is 14.9 Å². The van der Waals surface area contributed by atoms with Crippen molar-refractivity contribution in [2.75, 3.05) is 13.7 Å². The molecule has 0 aliphatic carbocycles. The molecule has 80 valence electrons. The molecule has 0 aromatic heterocycles. The van der Waals surface area contributed by atoms with E-state index in [0.29, 0.717) is 6.61 Å². The van der Waals surface area contributed by atoms with Crippen molar-refractivity contribution in [3.63, 3.8) is 0 Å². The van der Waals surface area contributed by atoms with Gasteiger partial charge in [-0.1, -0.05) is 11.3 Å². The Hall–Kier alpha value is -0.820. The predicted molar refractivity (Wildman–Crippen MR) is 53.6 cm³/mol. The van der Waals surface area contributed by atoms with Crippen molar-refractivity contribution in [2.45, 2.75) is 13.3 Å². The van der Waals surface area contributed by atoms with Crippen LogP contribution in [0.3, 0.4) is 0 Å². The first-order valence-electron chi connectivity index (χ1n) is 3.93. The lowest BCUT2D eigenvalue weighted by molar-refractivity contribution is 0.300. The summed E-state index contributed by atoms with van der Waals surface area (Å²) in [5.41, 5.74) is 0. The normalized spacial score (nSPS) is 20.1. The lowest BCUT2D eigenvalue weighted by atomic mass is 10.5. The van der Waals surface area contributed by atoms with Gasteiger partial charge in [0, 0.05) is 7.05 Å². The number of nitrogens with zero attached hydrogens (tertiary/aromatic N) is 3. The van der Waals surface area contributed by atoms with Gasteiger partial charge in [-0.15, -0.1) is 0 Å². The van der Waals surface area contributed by atoms with E-state index in [-0.39, 0.29) is 11.3 Å². The molecule has 0 amide bonds. The summed E-state index contributed by atoms with van der Waals surface area (Å²) in [6, 6.07) is -0.213. The van der Waals surface area contributed by atoms with Crippen molar-refractivity contribution in [3.05, 3.63) is 0 Å². The van der Waals surface area contributed by atoms with Crippen LogP contribution >= 0.6 is 11.6 Å². The second-order valence-corrected chi connectivity index (χ2v) is 4.51. The number of halogens is 1. The second-order valence-electron chi connectivity index (χ2n) is 2.55. The van der Waals surface area contributed by atoms with Crippen molar-refractivity contribution in [1.82, 2.24) is 4.31 Å². The zero-order valence-corrected chi connectivity index (χ0v) is 9.34. The number of aliphatic imine (C=N–C) groups is 1. The highest BCUT2D eigenvalue weighted by Gasteiger charge is 2.26. The number of hydrogen-bond acceptors (Lipinski definition) is 4. The van der Waals surface area contributed by atoms with Gasteiger partial charge in [-0.3, -0.25) is 0 Å². The lowest BCUT2D eigenvalue weighted by Gasteiger charge is -2.18. The topological polar surface area (TPSA) is 71.3 Å². The van der Waals surface area contributed by atoms with E-state index in [2.05, 4.69) is 9.39 Å². The van der Waals surface area contributed by atoms with E-state index in [4.69, 9.17) is 16.3 Å². The molecule has 8 heteroatoms. The van der Waals surface area contributed by atoms with E-state index in [9.17, 15) is 8.42 Å². The molecule has 0 saturated heterocycles. The fourth-order valence-corrected chi connectivity index (χ4v) is 1.66. The van der Waals surface area contributed by atoms with E-state index in [1.165, 1.54) is 7.05 Å². The van der Waals surface area contributed by atoms with Gasteiger partial charge in [0.15, 0.2) is 0 Å². The predicted octanol–water partition coefficient (Wildman–Crippen LogP) is 0.554. The summed E-state index contributed by atoms with van der Waals surface area (Å²) in [4.78, 5) is 3.65. The number of ether oxygens (including phenoxy) is 1. The number of amidine groups is 2. The summed E-state index contributed by atoms with van der Waals surface area (Å²) in [6.07, 6.45) is 0.738. The smallest absolute Gasteiger partial charge is 0.350 e. The molecule has 0 aromatic carbocycles. The molecule has 0 fully saturated rings. The van der Waals surface area contributed by atoms with Crippen LogP contribution in [0.5, 0.6) is 0 Å². The van der Waals surface area contributed by atoms with Crippen LogP contribution in [0, 0.1) is 0 Å². The first-order chi connectivity index (χ1) is 6.47. The third-order valence-corrected chi connectivity index (χ3v) is 3.11. The molecule has 1 aliphatic heterocycles. The van der Waals surface area contributed by atoms with Crippen LogP contribution in [0.15, 0.2) is 9.39 Å². The van der Waals surface area contributed by atoms with E-state index in [1.54, 1.807) is 0 Å². The fourth-order valence-electron chi connectivity index (χ4n) is 0.677. The molecule has 0 radical (unpaired) electrons. The summed E-state index contributed by atoms with van der Waals surface area (Å²) in [6.45, 7) is 2.24. The SMILES string of the molecule is CCCOC1=NS(=O)(=O)N(C)C(Cl)=N1. The zero-order chi connectivity index (χ0) is 10.8. The molecule has 14 heavy (non-hydrogen) atoms. The largest absolute Gasteiger partial charge is 0.463 e. The maximum atomic E-state index is 11.3. The molecule has 0 N–H and O–H groups in total. The Morgan fingerprint density at radius 3 is 2.71 bits per heavy atom. The first kappa shape index (κ1) is 11.3. The third kappa shape index (κ3) is 2.36. The molecule has 6 nitrogen and oxygen atoms in total. The molecule has 0 bridgehead atoms. The minimum Gasteiger partial charge on any atom is -0.463 e. The number of hydrogen-bond donors (Lipinski definition) is 0. The Labute approximate surface area is 87.4 Å².